The second-order valence-electron chi connectivity index (χ2n) is 5.97. The number of aromatic nitrogens is 4. The van der Waals surface area contributed by atoms with Gasteiger partial charge in [-0.15, -0.1) is 0 Å². The van der Waals surface area contributed by atoms with Crippen LogP contribution in [0.1, 0.15) is 12.5 Å². The number of aliphatic hydroxyl groups excluding tert-OH is 1. The van der Waals surface area contributed by atoms with Crippen LogP contribution in [0.25, 0.3) is 11.2 Å². The minimum atomic E-state index is -0.843. The van der Waals surface area contributed by atoms with Crippen LogP contribution in [0.3, 0.4) is 0 Å². The number of hydrogen-bond donors (Lipinski definition) is 1. The van der Waals surface area contributed by atoms with E-state index in [-0.39, 0.29) is 40.1 Å². The largest absolute Gasteiger partial charge is 0.372 e. The van der Waals surface area contributed by atoms with E-state index in [0.29, 0.717) is 12.5 Å². The number of hydrogen-bond acceptors (Lipinski definition) is 5. The highest BCUT2D eigenvalue weighted by molar-refractivity contribution is 9.10. The van der Waals surface area contributed by atoms with Gasteiger partial charge in [0, 0.05) is 12.1 Å². The van der Waals surface area contributed by atoms with Crippen molar-refractivity contribution in [1.82, 2.24) is 19.1 Å². The monoisotopic (exact) mass is 425 g/mol. The summed E-state index contributed by atoms with van der Waals surface area (Å²) in [5.41, 5.74) is 0.0610. The van der Waals surface area contributed by atoms with Gasteiger partial charge < -0.3 is 10.0 Å². The number of rotatable bonds is 3. The van der Waals surface area contributed by atoms with Crippen molar-refractivity contribution < 1.29 is 13.9 Å². The maximum absolute atomic E-state index is 14.0. The van der Waals surface area contributed by atoms with Gasteiger partial charge >= 0.3 is 0 Å². The highest BCUT2D eigenvalue weighted by Gasteiger charge is 2.31. The Hall–Kier alpha value is -2.33. The predicted molar refractivity (Wildman–Crippen MR) is 94.0 cm³/mol. The molecule has 1 atom stereocenters. The zero-order chi connectivity index (χ0) is 18.6. The van der Waals surface area contributed by atoms with Gasteiger partial charge in [-0.25, -0.2) is 13.8 Å². The first-order valence-corrected chi connectivity index (χ1v) is 8.75. The molecule has 26 heavy (non-hydrogen) atoms. The second kappa shape index (κ2) is 6.13. The molecule has 3 aromatic rings. The summed E-state index contributed by atoms with van der Waals surface area (Å²) in [6, 6.07) is 3.18. The molecule has 3 heterocycles. The summed E-state index contributed by atoms with van der Waals surface area (Å²) < 4.78 is 30.6. The summed E-state index contributed by atoms with van der Waals surface area (Å²) >= 11 is 3.26. The molecule has 0 fully saturated rings. The molecule has 0 spiro atoms. The fourth-order valence-corrected chi connectivity index (χ4v) is 3.63. The molecular formula is C16H14BrF2N5O2. The number of anilines is 1. The van der Waals surface area contributed by atoms with Crippen molar-refractivity contribution in [2.75, 3.05) is 11.4 Å². The van der Waals surface area contributed by atoms with Gasteiger partial charge in [-0.1, -0.05) is 0 Å². The lowest BCUT2D eigenvalue weighted by atomic mass is 10.2. The summed E-state index contributed by atoms with van der Waals surface area (Å²) in [5, 5.41) is 10.1. The van der Waals surface area contributed by atoms with E-state index in [2.05, 4.69) is 25.9 Å². The number of nitrogens with zero attached hydrogens (tertiary/aromatic N) is 5. The molecule has 0 saturated heterocycles. The average molecular weight is 426 g/mol. The molecule has 0 radical (unpaired) electrons. The van der Waals surface area contributed by atoms with Crippen molar-refractivity contribution in [2.45, 2.75) is 26.2 Å². The van der Waals surface area contributed by atoms with E-state index >= 15 is 0 Å². The van der Waals surface area contributed by atoms with Crippen LogP contribution in [0.15, 0.2) is 27.7 Å². The van der Waals surface area contributed by atoms with Crippen molar-refractivity contribution >= 4 is 33.0 Å². The van der Waals surface area contributed by atoms with Gasteiger partial charge in [0.05, 0.1) is 13.1 Å². The van der Waals surface area contributed by atoms with Gasteiger partial charge in [-0.3, -0.25) is 13.9 Å². The molecule has 0 aliphatic carbocycles. The van der Waals surface area contributed by atoms with E-state index < -0.39 is 17.9 Å². The quantitative estimate of drug-likeness (QED) is 0.647. The molecule has 136 valence electrons. The normalized spacial score (nSPS) is 16.5. The number of imidazole rings is 1. The first-order valence-electron chi connectivity index (χ1n) is 7.96. The van der Waals surface area contributed by atoms with Crippen LogP contribution >= 0.6 is 15.9 Å². The Kier molecular flexibility index (Phi) is 4.03. The topological polar surface area (TPSA) is 76.2 Å². The van der Waals surface area contributed by atoms with E-state index in [1.165, 1.54) is 9.13 Å². The molecule has 1 aliphatic heterocycles. The number of benzene rings is 1. The zero-order valence-corrected chi connectivity index (χ0v) is 15.2. The first-order chi connectivity index (χ1) is 12.4. The van der Waals surface area contributed by atoms with E-state index in [9.17, 15) is 18.7 Å². The van der Waals surface area contributed by atoms with Gasteiger partial charge in [-0.05, 0) is 41.1 Å². The van der Waals surface area contributed by atoms with Crippen molar-refractivity contribution in [2.24, 2.45) is 0 Å². The van der Waals surface area contributed by atoms with Gasteiger partial charge in [0.1, 0.15) is 17.9 Å². The summed E-state index contributed by atoms with van der Waals surface area (Å²) in [6.45, 7) is 2.36. The Balaban J connectivity index is 1.90. The fourth-order valence-electron chi connectivity index (χ4n) is 3.15. The smallest absolute Gasteiger partial charge is 0.283 e. The standard InChI is InChI=1S/C16H14BrF2N5O2/c1-2-22-11(25)7-24-14(26)12-13(21-16(22)24)23(15(17)20-12)6-8-5-9(18)3-4-10(8)19/h3-5,11,25H,2,6-7H2,1H3. The molecule has 1 unspecified atom stereocenters. The van der Waals surface area contributed by atoms with Crippen LogP contribution in [0.5, 0.6) is 0 Å². The summed E-state index contributed by atoms with van der Waals surface area (Å²) in [4.78, 5) is 23.0. The number of likely N-dealkylation sites (N-methyl/N-ethyl adjacent to an activating group) is 1. The number of aliphatic hydroxyl groups is 1. The Labute approximate surface area is 154 Å². The van der Waals surface area contributed by atoms with Crippen LogP contribution in [0, 0.1) is 11.6 Å². The lowest BCUT2D eigenvalue weighted by Crippen LogP contribution is -2.31. The molecule has 1 N–H and O–H groups in total. The van der Waals surface area contributed by atoms with E-state index in [4.69, 9.17) is 0 Å². The van der Waals surface area contributed by atoms with Crippen molar-refractivity contribution in [3.8, 4) is 0 Å². The van der Waals surface area contributed by atoms with Crippen molar-refractivity contribution in [3.63, 3.8) is 0 Å². The molecule has 1 aliphatic rings. The third-order valence-electron chi connectivity index (χ3n) is 4.43. The fraction of sp³-hybridized carbons (Fsp3) is 0.312. The van der Waals surface area contributed by atoms with Crippen LogP contribution in [-0.4, -0.2) is 37.0 Å². The molecule has 0 amide bonds. The molecule has 1 aromatic carbocycles. The lowest BCUT2D eigenvalue weighted by Gasteiger charge is -2.18. The summed E-state index contributed by atoms with van der Waals surface area (Å²) in [5.74, 6) is -0.800. The van der Waals surface area contributed by atoms with Gasteiger partial charge in [0.2, 0.25) is 5.95 Å². The molecule has 2 aromatic heterocycles. The Bertz CT molecular complexity index is 1080. The third kappa shape index (κ3) is 2.52. The maximum atomic E-state index is 14.0. The minimum absolute atomic E-state index is 0.0503. The Morgan fingerprint density at radius 3 is 2.85 bits per heavy atom. The second-order valence-corrected chi connectivity index (χ2v) is 6.68. The van der Waals surface area contributed by atoms with Crippen LogP contribution < -0.4 is 10.5 Å². The highest BCUT2D eigenvalue weighted by atomic mass is 79.9. The van der Waals surface area contributed by atoms with Crippen LogP contribution in [0.2, 0.25) is 0 Å². The first kappa shape index (κ1) is 17.1. The molecule has 0 bridgehead atoms. The Morgan fingerprint density at radius 1 is 1.35 bits per heavy atom. The maximum Gasteiger partial charge on any atom is 0.283 e. The number of halogens is 3. The van der Waals surface area contributed by atoms with Gasteiger partial charge in [-0.2, -0.15) is 4.98 Å². The third-order valence-corrected chi connectivity index (χ3v) is 5.03. The highest BCUT2D eigenvalue weighted by Crippen LogP contribution is 2.26. The average Bonchev–Trinajstić information content (AvgIpc) is 3.09. The van der Waals surface area contributed by atoms with Crippen molar-refractivity contribution in [1.29, 1.82) is 0 Å². The van der Waals surface area contributed by atoms with Gasteiger partial charge in [0.15, 0.2) is 15.9 Å². The number of fused-ring (bicyclic) bond motifs is 2. The van der Waals surface area contributed by atoms with Crippen molar-refractivity contribution in [3.05, 3.63) is 50.5 Å². The molecular weight excluding hydrogens is 412 g/mol. The Morgan fingerprint density at radius 2 is 2.12 bits per heavy atom. The molecule has 10 heteroatoms. The summed E-state index contributed by atoms with van der Waals surface area (Å²) in [6.07, 6.45) is -0.843. The van der Waals surface area contributed by atoms with E-state index in [1.807, 2.05) is 6.92 Å². The predicted octanol–water partition coefficient (Wildman–Crippen LogP) is 1.84. The molecule has 0 saturated carbocycles. The lowest BCUT2D eigenvalue weighted by molar-refractivity contribution is 0.168. The van der Waals surface area contributed by atoms with Crippen LogP contribution in [0.4, 0.5) is 14.7 Å². The van der Waals surface area contributed by atoms with E-state index in [0.717, 1.165) is 18.2 Å². The minimum Gasteiger partial charge on any atom is -0.372 e. The SMILES string of the molecule is CCN1c2nc3c(nc(Br)n3Cc3cc(F)ccc3F)c(=O)n2CC1O. The zero-order valence-electron chi connectivity index (χ0n) is 13.7. The van der Waals surface area contributed by atoms with Crippen LogP contribution in [-0.2, 0) is 13.1 Å². The molecule has 4 rings (SSSR count). The summed E-state index contributed by atoms with van der Waals surface area (Å²) in [7, 11) is 0. The molecule has 7 nitrogen and oxygen atoms in total. The van der Waals surface area contributed by atoms with E-state index in [1.54, 1.807) is 4.90 Å². The van der Waals surface area contributed by atoms with Gasteiger partial charge in [0.25, 0.3) is 5.56 Å².